The fourth-order valence-electron chi connectivity index (χ4n) is 2.45. The summed E-state index contributed by atoms with van der Waals surface area (Å²) in [7, 11) is 0. The Hall–Kier alpha value is -2.06. The van der Waals surface area contributed by atoms with Crippen LogP contribution in [0.3, 0.4) is 0 Å². The third-order valence-corrected chi connectivity index (χ3v) is 6.10. The van der Waals surface area contributed by atoms with Gasteiger partial charge in [-0.2, -0.15) is 4.99 Å². The van der Waals surface area contributed by atoms with Crippen LogP contribution in [0.25, 0.3) is 0 Å². The number of nitrogens with one attached hydrogen (secondary N) is 1. The van der Waals surface area contributed by atoms with Crippen molar-refractivity contribution in [3.05, 3.63) is 35.2 Å². The second-order valence-electron chi connectivity index (χ2n) is 6.18. The highest BCUT2D eigenvalue weighted by atomic mass is 32.2. The zero-order valence-corrected chi connectivity index (χ0v) is 16.1. The van der Waals surface area contributed by atoms with E-state index in [9.17, 15) is 14.7 Å². The van der Waals surface area contributed by atoms with Gasteiger partial charge in [-0.05, 0) is 23.0 Å². The van der Waals surface area contributed by atoms with Crippen molar-refractivity contribution in [1.29, 1.82) is 0 Å². The van der Waals surface area contributed by atoms with E-state index in [1.807, 2.05) is 6.08 Å². The van der Waals surface area contributed by atoms with Crippen LogP contribution in [0.1, 0.15) is 13.8 Å². The molecule has 0 spiro atoms. The number of allylic oxidation sites excluding steroid dienone is 1. The number of carbonyl (C=O) groups is 2. The number of aliphatic imine (C=N–C) groups is 2. The molecule has 136 valence electrons. The molecular weight excluding hydrogens is 370 g/mol. The van der Waals surface area contributed by atoms with Gasteiger partial charge in [0, 0.05) is 0 Å². The molecule has 2 heterocycles. The molecular formula is C18H19N3O3S2. The van der Waals surface area contributed by atoms with Crippen LogP contribution in [0.15, 0.2) is 45.2 Å². The van der Waals surface area contributed by atoms with Crippen LogP contribution in [0.4, 0.5) is 5.69 Å². The summed E-state index contributed by atoms with van der Waals surface area (Å²) in [4.78, 5) is 33.8. The Labute approximate surface area is 160 Å². The van der Waals surface area contributed by atoms with E-state index in [2.05, 4.69) is 29.1 Å². The number of rotatable bonds is 6. The first-order valence-electron chi connectivity index (χ1n) is 8.19. The van der Waals surface area contributed by atoms with E-state index in [1.54, 1.807) is 30.0 Å². The zero-order valence-electron chi connectivity index (χ0n) is 14.4. The lowest BCUT2D eigenvalue weighted by atomic mass is 10.1. The summed E-state index contributed by atoms with van der Waals surface area (Å²) >= 11 is 2.87. The molecule has 3 rings (SSSR count). The van der Waals surface area contributed by atoms with Gasteiger partial charge in [0.2, 0.25) is 5.91 Å². The number of fused-ring (bicyclic) bond motifs is 1. The average Bonchev–Trinajstić information content (AvgIpc) is 3.02. The number of phenols is 1. The minimum absolute atomic E-state index is 0.0252. The van der Waals surface area contributed by atoms with Crippen molar-refractivity contribution in [2.75, 3.05) is 16.8 Å². The highest BCUT2D eigenvalue weighted by Gasteiger charge is 2.34. The van der Waals surface area contributed by atoms with Crippen molar-refractivity contribution in [2.24, 2.45) is 21.8 Å². The van der Waals surface area contributed by atoms with E-state index in [4.69, 9.17) is 0 Å². The minimum atomic E-state index is -0.337. The number of hydrogen-bond acceptors (Lipinski definition) is 6. The lowest BCUT2D eigenvalue weighted by Gasteiger charge is -2.12. The number of amides is 2. The van der Waals surface area contributed by atoms with E-state index >= 15 is 0 Å². The van der Waals surface area contributed by atoms with E-state index in [1.165, 1.54) is 17.8 Å². The Bertz CT molecular complexity index is 831. The largest absolute Gasteiger partial charge is 0.506 e. The number of aromatic hydroxyl groups is 1. The van der Waals surface area contributed by atoms with E-state index in [0.29, 0.717) is 23.2 Å². The van der Waals surface area contributed by atoms with Crippen molar-refractivity contribution in [2.45, 2.75) is 13.8 Å². The average molecular weight is 390 g/mol. The Morgan fingerprint density at radius 2 is 2.12 bits per heavy atom. The molecule has 0 aromatic heterocycles. The number of anilines is 1. The maximum atomic E-state index is 12.2. The minimum Gasteiger partial charge on any atom is -0.506 e. The normalized spacial score (nSPS) is 19.0. The quantitative estimate of drug-likeness (QED) is 0.729. The monoisotopic (exact) mass is 389 g/mol. The number of phenolic OH excluding ortho intramolecular Hbond substituents is 1. The molecule has 6 nitrogen and oxygen atoms in total. The first-order chi connectivity index (χ1) is 12.4. The second kappa shape index (κ2) is 8.09. The molecule has 0 fully saturated rings. The highest BCUT2D eigenvalue weighted by molar-refractivity contribution is 8.17. The van der Waals surface area contributed by atoms with E-state index in [-0.39, 0.29) is 29.2 Å². The molecule has 0 bridgehead atoms. The lowest BCUT2D eigenvalue weighted by Crippen LogP contribution is -2.24. The Morgan fingerprint density at radius 3 is 2.85 bits per heavy atom. The topological polar surface area (TPSA) is 91.1 Å². The molecule has 2 amide bonds. The molecule has 1 aromatic rings. The van der Waals surface area contributed by atoms with E-state index < -0.39 is 0 Å². The van der Waals surface area contributed by atoms with Gasteiger partial charge in [0.1, 0.15) is 17.5 Å². The van der Waals surface area contributed by atoms with Gasteiger partial charge in [-0.25, -0.2) is 4.99 Å². The summed E-state index contributed by atoms with van der Waals surface area (Å²) < 4.78 is 0. The van der Waals surface area contributed by atoms with Crippen LogP contribution in [0.5, 0.6) is 5.75 Å². The third-order valence-electron chi connectivity index (χ3n) is 3.78. The number of benzene rings is 1. The molecule has 2 N–H and O–H groups in total. The Morgan fingerprint density at radius 1 is 1.35 bits per heavy atom. The maximum Gasteiger partial charge on any atom is 0.261 e. The summed E-state index contributed by atoms with van der Waals surface area (Å²) in [5.41, 5.74) is 0.376. The molecule has 26 heavy (non-hydrogen) atoms. The van der Waals surface area contributed by atoms with Gasteiger partial charge < -0.3 is 10.4 Å². The van der Waals surface area contributed by atoms with Crippen molar-refractivity contribution < 1.29 is 14.7 Å². The van der Waals surface area contributed by atoms with Crippen LogP contribution in [0, 0.1) is 11.8 Å². The smallest absolute Gasteiger partial charge is 0.261 e. The van der Waals surface area contributed by atoms with Gasteiger partial charge in [0.15, 0.2) is 0 Å². The first-order valence-corrected chi connectivity index (χ1v) is 10.2. The second-order valence-corrected chi connectivity index (χ2v) is 8.26. The summed E-state index contributed by atoms with van der Waals surface area (Å²) in [5, 5.41) is 13.1. The Balaban J connectivity index is 1.52. The molecule has 1 unspecified atom stereocenters. The van der Waals surface area contributed by atoms with Crippen molar-refractivity contribution in [3.63, 3.8) is 0 Å². The van der Waals surface area contributed by atoms with Gasteiger partial charge in [-0.15, -0.1) is 11.8 Å². The summed E-state index contributed by atoms with van der Waals surface area (Å²) in [5.74, 6) is 0.639. The number of nitrogens with zero attached hydrogens (tertiary/aromatic N) is 2. The molecule has 0 radical (unpaired) electrons. The van der Waals surface area contributed by atoms with Crippen LogP contribution < -0.4 is 5.32 Å². The van der Waals surface area contributed by atoms with Crippen molar-refractivity contribution in [3.8, 4) is 5.75 Å². The molecule has 1 aromatic carbocycles. The summed E-state index contributed by atoms with van der Waals surface area (Å²) in [6.45, 7) is 4.17. The number of carbonyl (C=O) groups excluding carboxylic acids is 2. The molecule has 0 aliphatic carbocycles. The van der Waals surface area contributed by atoms with Crippen LogP contribution in [-0.4, -0.2) is 39.3 Å². The zero-order chi connectivity index (χ0) is 18.7. The predicted octanol–water partition coefficient (Wildman–Crippen LogP) is 3.30. The molecule has 1 atom stereocenters. The number of amidine groups is 1. The SMILES string of the molecule is CC(C)C1=CC2C(=O)N=C(CSCC(=O)Nc3ccccc3O)N=C2S1. The predicted molar refractivity (Wildman–Crippen MR) is 108 cm³/mol. The molecule has 0 saturated heterocycles. The standard InChI is InChI=1S/C18H19N3O3S2/c1-10(2)14-7-11-17(24)20-15(21-18(11)26-14)8-25-9-16(23)19-12-5-3-4-6-13(12)22/h3-7,10-11,22H,8-9H2,1-2H3,(H,19,23). The van der Waals surface area contributed by atoms with Gasteiger partial charge >= 0.3 is 0 Å². The van der Waals surface area contributed by atoms with E-state index in [0.717, 1.165) is 9.95 Å². The number of thioether (sulfide) groups is 2. The third kappa shape index (κ3) is 4.37. The van der Waals surface area contributed by atoms with Crippen LogP contribution in [0.2, 0.25) is 0 Å². The molecule has 2 aliphatic heterocycles. The highest BCUT2D eigenvalue weighted by Crippen LogP contribution is 2.38. The van der Waals surface area contributed by atoms with Gasteiger partial charge in [0.25, 0.3) is 5.91 Å². The lowest BCUT2D eigenvalue weighted by molar-refractivity contribution is -0.118. The first kappa shape index (κ1) is 18.7. The summed E-state index contributed by atoms with van der Waals surface area (Å²) in [6.07, 6.45) is 1.95. The van der Waals surface area contributed by atoms with Crippen molar-refractivity contribution in [1.82, 2.24) is 0 Å². The fraction of sp³-hybridized carbons (Fsp3) is 0.333. The molecule has 2 aliphatic rings. The molecule has 0 saturated carbocycles. The van der Waals surface area contributed by atoms with Gasteiger partial charge in [-0.3, -0.25) is 9.59 Å². The maximum absolute atomic E-state index is 12.2. The number of hydrogen-bond donors (Lipinski definition) is 2. The van der Waals surface area contributed by atoms with Crippen molar-refractivity contribution >= 4 is 51.9 Å². The Kier molecular flexibility index (Phi) is 5.83. The van der Waals surface area contributed by atoms with Gasteiger partial charge in [-0.1, -0.05) is 43.8 Å². The molecule has 8 heteroatoms. The van der Waals surface area contributed by atoms with Crippen LogP contribution >= 0.6 is 23.5 Å². The number of para-hydroxylation sites is 2. The van der Waals surface area contributed by atoms with Gasteiger partial charge in [0.05, 0.1) is 22.2 Å². The fourth-order valence-corrected chi connectivity index (χ4v) is 4.25. The van der Waals surface area contributed by atoms with Crippen LogP contribution in [-0.2, 0) is 9.59 Å². The summed E-state index contributed by atoms with van der Waals surface area (Å²) in [6, 6.07) is 6.56.